The van der Waals surface area contributed by atoms with Crippen molar-refractivity contribution in [1.82, 2.24) is 10.6 Å². The van der Waals surface area contributed by atoms with Gasteiger partial charge in [0.1, 0.15) is 11.5 Å². The number of primary amides is 1. The summed E-state index contributed by atoms with van der Waals surface area (Å²) in [5, 5.41) is 6.17. The number of hydrogen-bond acceptors (Lipinski definition) is 4. The minimum atomic E-state index is -2.92. The molecule has 156 valence electrons. The van der Waals surface area contributed by atoms with Crippen LogP contribution in [-0.4, -0.2) is 32.1 Å². The summed E-state index contributed by atoms with van der Waals surface area (Å²) in [6.45, 7) is 0.159. The topological polar surface area (TPSA) is 98.0 Å². The number of carbonyl (C=O) groups is 1. The zero-order valence-corrected chi connectivity index (χ0v) is 16.2. The molecule has 29 heavy (non-hydrogen) atoms. The lowest BCUT2D eigenvalue weighted by Gasteiger charge is -2.15. The zero-order chi connectivity index (χ0) is 21.2. The van der Waals surface area contributed by atoms with E-state index in [1.807, 2.05) is 6.92 Å². The Morgan fingerprint density at radius 2 is 1.90 bits per heavy atom. The van der Waals surface area contributed by atoms with E-state index in [4.69, 9.17) is 10.5 Å². The second kappa shape index (κ2) is 10.8. The third-order valence-electron chi connectivity index (χ3n) is 3.93. The molecule has 2 rings (SSSR count). The van der Waals surface area contributed by atoms with E-state index in [9.17, 15) is 13.6 Å². The molecular weight excluding hydrogens is 382 g/mol. The van der Waals surface area contributed by atoms with Crippen molar-refractivity contribution in [3.63, 3.8) is 0 Å². The summed E-state index contributed by atoms with van der Waals surface area (Å²) in [5.41, 5.74) is 7.04. The Labute approximate surface area is 167 Å². The molecule has 4 N–H and O–H groups in total. The van der Waals surface area contributed by atoms with Crippen molar-refractivity contribution in [3.8, 4) is 11.5 Å². The number of benzene rings is 2. The number of hydrogen-bond donors (Lipinski definition) is 3. The van der Waals surface area contributed by atoms with Crippen molar-refractivity contribution in [3.05, 3.63) is 59.2 Å². The summed E-state index contributed by atoms with van der Waals surface area (Å²) in [5.74, 6) is 0.596. The number of amides is 1. The Balaban J connectivity index is 2.10. The minimum absolute atomic E-state index is 0.0613. The maximum Gasteiger partial charge on any atom is 0.387 e. The van der Waals surface area contributed by atoms with Crippen molar-refractivity contribution in [2.24, 2.45) is 10.7 Å². The molecule has 0 aromatic heterocycles. The number of halogens is 2. The molecule has 2 aromatic rings. The highest BCUT2D eigenvalue weighted by atomic mass is 19.3. The van der Waals surface area contributed by atoms with E-state index < -0.39 is 12.5 Å². The summed E-state index contributed by atoms with van der Waals surface area (Å²) in [4.78, 5) is 15.6. The number of carbonyl (C=O) groups excluding carboxylic acids is 1. The van der Waals surface area contributed by atoms with Gasteiger partial charge >= 0.3 is 6.61 Å². The van der Waals surface area contributed by atoms with Gasteiger partial charge in [-0.15, -0.1) is 0 Å². The van der Waals surface area contributed by atoms with Crippen LogP contribution in [0.5, 0.6) is 11.5 Å². The molecule has 0 aliphatic rings. The zero-order valence-electron chi connectivity index (χ0n) is 16.2. The van der Waals surface area contributed by atoms with Gasteiger partial charge in [-0.25, -0.2) is 4.99 Å². The van der Waals surface area contributed by atoms with Crippen LogP contribution in [0, 0.1) is 0 Å². The molecule has 0 fully saturated rings. The number of nitrogens with one attached hydrogen (secondary N) is 2. The third kappa shape index (κ3) is 6.95. The SMILES string of the molecule is CCNC(=NCc1ccc(C(N)=O)cc1)NCc1cc(OC)ccc1OC(F)F. The normalized spacial score (nSPS) is 11.3. The van der Waals surface area contributed by atoms with Gasteiger partial charge < -0.3 is 25.8 Å². The minimum Gasteiger partial charge on any atom is -0.497 e. The molecule has 0 aliphatic heterocycles. The summed E-state index contributed by atoms with van der Waals surface area (Å²) in [7, 11) is 1.50. The maximum atomic E-state index is 12.7. The van der Waals surface area contributed by atoms with Crippen molar-refractivity contribution in [1.29, 1.82) is 0 Å². The van der Waals surface area contributed by atoms with E-state index in [-0.39, 0.29) is 12.3 Å². The van der Waals surface area contributed by atoms with Crippen molar-refractivity contribution < 1.29 is 23.0 Å². The molecule has 1 amide bonds. The molecule has 0 aliphatic carbocycles. The molecule has 9 heteroatoms. The van der Waals surface area contributed by atoms with Gasteiger partial charge in [-0.1, -0.05) is 12.1 Å². The Morgan fingerprint density at radius 1 is 1.17 bits per heavy atom. The van der Waals surface area contributed by atoms with Gasteiger partial charge in [0, 0.05) is 24.2 Å². The van der Waals surface area contributed by atoms with E-state index in [1.165, 1.54) is 13.2 Å². The van der Waals surface area contributed by atoms with E-state index in [0.717, 1.165) is 5.56 Å². The van der Waals surface area contributed by atoms with Crippen LogP contribution in [0.25, 0.3) is 0 Å². The molecular formula is C20H24F2N4O3. The molecule has 7 nitrogen and oxygen atoms in total. The van der Waals surface area contributed by atoms with Crippen LogP contribution in [0.15, 0.2) is 47.5 Å². The monoisotopic (exact) mass is 406 g/mol. The van der Waals surface area contributed by atoms with E-state index in [0.29, 0.717) is 35.9 Å². The lowest BCUT2D eigenvalue weighted by Crippen LogP contribution is -2.36. The quantitative estimate of drug-likeness (QED) is 0.439. The molecule has 0 radical (unpaired) electrons. The molecule has 2 aromatic carbocycles. The number of alkyl halides is 2. The summed E-state index contributed by atoms with van der Waals surface area (Å²) in [6.07, 6.45) is 0. The van der Waals surface area contributed by atoms with Crippen LogP contribution in [0.4, 0.5) is 8.78 Å². The van der Waals surface area contributed by atoms with Crippen LogP contribution in [0.2, 0.25) is 0 Å². The van der Waals surface area contributed by atoms with Crippen LogP contribution in [0.3, 0.4) is 0 Å². The van der Waals surface area contributed by atoms with Gasteiger partial charge in [-0.3, -0.25) is 4.79 Å². The van der Waals surface area contributed by atoms with Crippen molar-refractivity contribution >= 4 is 11.9 Å². The molecule has 0 bridgehead atoms. The predicted molar refractivity (Wildman–Crippen MR) is 106 cm³/mol. The van der Waals surface area contributed by atoms with Gasteiger partial charge in [0.25, 0.3) is 0 Å². The first kappa shape index (κ1) is 21.9. The smallest absolute Gasteiger partial charge is 0.387 e. The van der Waals surface area contributed by atoms with Gasteiger partial charge in [-0.2, -0.15) is 8.78 Å². The van der Waals surface area contributed by atoms with Crippen LogP contribution in [0.1, 0.15) is 28.4 Å². The lowest BCUT2D eigenvalue weighted by molar-refractivity contribution is -0.0505. The molecule has 0 heterocycles. The fourth-order valence-electron chi connectivity index (χ4n) is 2.50. The van der Waals surface area contributed by atoms with E-state index in [1.54, 1.807) is 36.4 Å². The highest BCUT2D eigenvalue weighted by Gasteiger charge is 2.11. The molecule has 0 saturated carbocycles. The van der Waals surface area contributed by atoms with E-state index >= 15 is 0 Å². The first-order chi connectivity index (χ1) is 13.9. The number of nitrogens with two attached hydrogens (primary N) is 1. The molecule has 0 spiro atoms. The Bertz CT molecular complexity index is 842. The number of aliphatic imine (C=N–C) groups is 1. The first-order valence-electron chi connectivity index (χ1n) is 8.95. The van der Waals surface area contributed by atoms with Crippen LogP contribution < -0.4 is 25.8 Å². The average molecular weight is 406 g/mol. The summed E-state index contributed by atoms with van der Waals surface area (Å²) in [6, 6.07) is 11.4. The molecule has 0 unspecified atom stereocenters. The largest absolute Gasteiger partial charge is 0.497 e. The highest BCUT2D eigenvalue weighted by Crippen LogP contribution is 2.25. The predicted octanol–water partition coefficient (Wildman–Crippen LogP) is 2.65. The second-order valence-corrected chi connectivity index (χ2v) is 5.96. The first-order valence-corrected chi connectivity index (χ1v) is 8.95. The van der Waals surface area contributed by atoms with Crippen molar-refractivity contribution in [2.45, 2.75) is 26.6 Å². The van der Waals surface area contributed by atoms with Crippen LogP contribution >= 0.6 is 0 Å². The van der Waals surface area contributed by atoms with Gasteiger partial charge in [-0.05, 0) is 42.8 Å². The fraction of sp³-hybridized carbons (Fsp3) is 0.300. The number of ether oxygens (including phenoxy) is 2. The average Bonchev–Trinajstić information content (AvgIpc) is 2.70. The Kier molecular flexibility index (Phi) is 8.20. The summed E-state index contributed by atoms with van der Waals surface area (Å²) >= 11 is 0. The standard InChI is InChI=1S/C20H24F2N4O3/c1-3-24-20(25-11-13-4-6-14(7-5-13)18(23)27)26-12-15-10-16(28-2)8-9-17(15)29-19(21)22/h4-10,19H,3,11-12H2,1-2H3,(H2,23,27)(H2,24,25,26). The number of methoxy groups -OCH3 is 1. The molecule has 0 saturated heterocycles. The maximum absolute atomic E-state index is 12.7. The Morgan fingerprint density at radius 3 is 2.48 bits per heavy atom. The number of rotatable bonds is 9. The Hall–Kier alpha value is -3.36. The number of nitrogens with zero attached hydrogens (tertiary/aromatic N) is 1. The highest BCUT2D eigenvalue weighted by molar-refractivity contribution is 5.92. The van der Waals surface area contributed by atoms with Crippen molar-refractivity contribution in [2.75, 3.05) is 13.7 Å². The van der Waals surface area contributed by atoms with Gasteiger partial charge in [0.2, 0.25) is 5.91 Å². The second-order valence-electron chi connectivity index (χ2n) is 5.96. The van der Waals surface area contributed by atoms with Crippen LogP contribution in [-0.2, 0) is 13.1 Å². The summed E-state index contributed by atoms with van der Waals surface area (Å²) < 4.78 is 35.0. The third-order valence-corrected chi connectivity index (χ3v) is 3.93. The van der Waals surface area contributed by atoms with Gasteiger partial charge in [0.15, 0.2) is 5.96 Å². The van der Waals surface area contributed by atoms with E-state index in [2.05, 4.69) is 20.4 Å². The fourth-order valence-corrected chi connectivity index (χ4v) is 2.50. The lowest BCUT2D eigenvalue weighted by atomic mass is 10.1. The molecule has 0 atom stereocenters. The van der Waals surface area contributed by atoms with Gasteiger partial charge in [0.05, 0.1) is 13.7 Å². The number of guanidine groups is 1.